The van der Waals surface area contributed by atoms with Gasteiger partial charge in [0.15, 0.2) is 0 Å². The molecule has 0 atom stereocenters. The summed E-state index contributed by atoms with van der Waals surface area (Å²) in [6.07, 6.45) is 0.480. The van der Waals surface area contributed by atoms with Gasteiger partial charge in [0.05, 0.1) is 10.7 Å². The molecule has 0 spiro atoms. The molecule has 0 aromatic heterocycles. The fourth-order valence-corrected chi connectivity index (χ4v) is 4.02. The first-order valence-corrected chi connectivity index (χ1v) is 9.92. The first-order chi connectivity index (χ1) is 12.9. The Morgan fingerprint density at radius 2 is 1.78 bits per heavy atom. The van der Waals surface area contributed by atoms with Gasteiger partial charge in [-0.3, -0.25) is 4.79 Å². The molecule has 1 heterocycles. The molecule has 2 aromatic carbocycles. The molecule has 27 heavy (non-hydrogen) atoms. The normalized spacial score (nSPS) is 14.4. The van der Waals surface area contributed by atoms with Crippen LogP contribution in [0.4, 0.5) is 11.4 Å². The molecule has 2 aromatic rings. The molecule has 0 unspecified atom stereocenters. The third-order valence-electron chi connectivity index (χ3n) is 5.07. The lowest BCUT2D eigenvalue weighted by molar-refractivity contribution is -0.131. The zero-order valence-electron chi connectivity index (χ0n) is 16.4. The second-order valence-corrected chi connectivity index (χ2v) is 7.73. The standard InChI is InChI=1S/C22H28ClN3O/c1-16-5-4-6-19(14-16)25-9-11-26(12-10-25)21(27)7-8-24-22-18(3)13-17(2)15-20(22)23/h4-6,13-15,24H,7-12H2,1-3H3. The Hall–Kier alpha value is -2.20. The van der Waals surface area contributed by atoms with Crippen molar-refractivity contribution in [2.45, 2.75) is 27.2 Å². The maximum Gasteiger partial charge on any atom is 0.224 e. The minimum Gasteiger partial charge on any atom is -0.383 e. The zero-order valence-corrected chi connectivity index (χ0v) is 17.1. The van der Waals surface area contributed by atoms with E-state index in [1.165, 1.54) is 11.3 Å². The highest BCUT2D eigenvalue weighted by atomic mass is 35.5. The number of carbonyl (C=O) groups is 1. The second kappa shape index (κ2) is 8.66. The van der Waals surface area contributed by atoms with E-state index >= 15 is 0 Å². The summed E-state index contributed by atoms with van der Waals surface area (Å²) in [5.74, 6) is 0.201. The largest absolute Gasteiger partial charge is 0.383 e. The molecular weight excluding hydrogens is 358 g/mol. The molecule has 1 saturated heterocycles. The van der Waals surface area contributed by atoms with E-state index in [-0.39, 0.29) is 5.91 Å². The van der Waals surface area contributed by atoms with Gasteiger partial charge in [0.2, 0.25) is 5.91 Å². The molecular formula is C22H28ClN3O. The van der Waals surface area contributed by atoms with Gasteiger partial charge in [0, 0.05) is 44.8 Å². The van der Waals surface area contributed by atoms with Crippen LogP contribution in [0.3, 0.4) is 0 Å². The van der Waals surface area contributed by atoms with Crippen LogP contribution in [0.2, 0.25) is 5.02 Å². The van der Waals surface area contributed by atoms with E-state index in [1.54, 1.807) is 0 Å². The van der Waals surface area contributed by atoms with Gasteiger partial charge in [0.1, 0.15) is 0 Å². The summed E-state index contributed by atoms with van der Waals surface area (Å²) in [4.78, 5) is 16.9. The monoisotopic (exact) mass is 385 g/mol. The van der Waals surface area contributed by atoms with Gasteiger partial charge in [-0.2, -0.15) is 0 Å². The van der Waals surface area contributed by atoms with Crippen LogP contribution in [0.15, 0.2) is 36.4 Å². The van der Waals surface area contributed by atoms with Gasteiger partial charge >= 0.3 is 0 Å². The molecule has 0 bridgehead atoms. The lowest BCUT2D eigenvalue weighted by Gasteiger charge is -2.36. The van der Waals surface area contributed by atoms with Crippen LogP contribution in [0.5, 0.6) is 0 Å². The van der Waals surface area contributed by atoms with Crippen LogP contribution >= 0.6 is 11.6 Å². The number of rotatable bonds is 5. The maximum absolute atomic E-state index is 12.5. The van der Waals surface area contributed by atoms with Gasteiger partial charge in [-0.05, 0) is 55.7 Å². The van der Waals surface area contributed by atoms with Crippen LogP contribution in [0, 0.1) is 20.8 Å². The van der Waals surface area contributed by atoms with Crippen LogP contribution in [0.25, 0.3) is 0 Å². The highest BCUT2D eigenvalue weighted by molar-refractivity contribution is 6.33. The molecule has 1 aliphatic rings. The minimum atomic E-state index is 0.201. The molecule has 1 N–H and O–H groups in total. The number of carbonyl (C=O) groups excluding carboxylic acids is 1. The van der Waals surface area contributed by atoms with E-state index in [9.17, 15) is 4.79 Å². The Labute approximate surface area is 167 Å². The first kappa shape index (κ1) is 19.6. The predicted molar refractivity (Wildman–Crippen MR) is 114 cm³/mol. The molecule has 144 valence electrons. The quantitative estimate of drug-likeness (QED) is 0.827. The van der Waals surface area contributed by atoms with Gasteiger partial charge in [-0.15, -0.1) is 0 Å². The SMILES string of the molecule is Cc1cccc(N2CCN(C(=O)CCNc3c(C)cc(C)cc3Cl)CC2)c1. The topological polar surface area (TPSA) is 35.6 Å². The summed E-state index contributed by atoms with van der Waals surface area (Å²) in [6, 6.07) is 12.6. The van der Waals surface area contributed by atoms with E-state index in [2.05, 4.69) is 47.5 Å². The fraction of sp³-hybridized carbons (Fsp3) is 0.409. The van der Waals surface area contributed by atoms with Crippen molar-refractivity contribution in [3.8, 4) is 0 Å². The Morgan fingerprint density at radius 1 is 1.04 bits per heavy atom. The molecule has 1 amide bonds. The van der Waals surface area contributed by atoms with Crippen molar-refractivity contribution in [3.05, 3.63) is 58.1 Å². The van der Waals surface area contributed by atoms with Crippen LogP contribution in [-0.2, 0) is 4.79 Å². The summed E-state index contributed by atoms with van der Waals surface area (Å²) in [5, 5.41) is 4.04. The lowest BCUT2D eigenvalue weighted by atomic mass is 10.1. The number of nitrogens with zero attached hydrogens (tertiary/aromatic N) is 2. The van der Waals surface area contributed by atoms with E-state index < -0.39 is 0 Å². The van der Waals surface area contributed by atoms with E-state index in [1.807, 2.05) is 24.8 Å². The maximum atomic E-state index is 12.5. The number of amides is 1. The zero-order chi connectivity index (χ0) is 19.4. The number of benzene rings is 2. The first-order valence-electron chi connectivity index (χ1n) is 9.54. The fourth-order valence-electron chi connectivity index (χ4n) is 3.63. The van der Waals surface area contributed by atoms with E-state index in [0.717, 1.165) is 43.0 Å². The Kier molecular flexibility index (Phi) is 6.27. The average molecular weight is 386 g/mol. The summed E-state index contributed by atoms with van der Waals surface area (Å²) in [5.41, 5.74) is 5.69. The Bertz CT molecular complexity index is 790. The summed E-state index contributed by atoms with van der Waals surface area (Å²) >= 11 is 6.32. The van der Waals surface area contributed by atoms with Crippen LogP contribution in [-0.4, -0.2) is 43.5 Å². The number of nitrogens with one attached hydrogen (secondary N) is 1. The summed E-state index contributed by atoms with van der Waals surface area (Å²) in [6.45, 7) is 10.1. The lowest BCUT2D eigenvalue weighted by Crippen LogP contribution is -2.49. The van der Waals surface area contributed by atoms with Crippen molar-refractivity contribution in [1.82, 2.24) is 4.90 Å². The molecule has 1 fully saturated rings. The number of anilines is 2. The van der Waals surface area contributed by atoms with Crippen molar-refractivity contribution in [3.63, 3.8) is 0 Å². The summed E-state index contributed by atoms with van der Waals surface area (Å²) in [7, 11) is 0. The molecule has 1 aliphatic heterocycles. The smallest absolute Gasteiger partial charge is 0.224 e. The van der Waals surface area contributed by atoms with Crippen molar-refractivity contribution in [2.75, 3.05) is 42.9 Å². The number of piperazine rings is 1. The van der Waals surface area contributed by atoms with Gasteiger partial charge in [-0.25, -0.2) is 0 Å². The van der Waals surface area contributed by atoms with Gasteiger partial charge in [-0.1, -0.05) is 29.8 Å². The highest BCUT2D eigenvalue weighted by Gasteiger charge is 2.21. The Balaban J connectivity index is 1.47. The van der Waals surface area contributed by atoms with E-state index in [4.69, 9.17) is 11.6 Å². The molecule has 0 radical (unpaired) electrons. The summed E-state index contributed by atoms with van der Waals surface area (Å²) < 4.78 is 0. The van der Waals surface area contributed by atoms with E-state index in [0.29, 0.717) is 18.0 Å². The highest BCUT2D eigenvalue weighted by Crippen LogP contribution is 2.27. The molecule has 0 aliphatic carbocycles. The van der Waals surface area contributed by atoms with Gasteiger partial charge in [0.25, 0.3) is 0 Å². The number of hydrogen-bond donors (Lipinski definition) is 1. The van der Waals surface area contributed by atoms with Crippen molar-refractivity contribution < 1.29 is 4.79 Å². The molecule has 4 nitrogen and oxygen atoms in total. The second-order valence-electron chi connectivity index (χ2n) is 7.32. The van der Waals surface area contributed by atoms with Crippen molar-refractivity contribution >= 4 is 28.9 Å². The molecule has 5 heteroatoms. The van der Waals surface area contributed by atoms with Crippen molar-refractivity contribution in [2.24, 2.45) is 0 Å². The number of halogens is 1. The number of hydrogen-bond acceptors (Lipinski definition) is 3. The predicted octanol–water partition coefficient (Wildman–Crippen LogP) is 4.42. The molecule has 3 rings (SSSR count). The third kappa shape index (κ3) is 4.95. The molecule has 0 saturated carbocycles. The Morgan fingerprint density at radius 3 is 2.44 bits per heavy atom. The van der Waals surface area contributed by atoms with Crippen LogP contribution in [0.1, 0.15) is 23.1 Å². The van der Waals surface area contributed by atoms with Gasteiger partial charge < -0.3 is 15.1 Å². The van der Waals surface area contributed by atoms with Crippen LogP contribution < -0.4 is 10.2 Å². The number of aryl methyl sites for hydroxylation is 3. The average Bonchev–Trinajstić information content (AvgIpc) is 2.64. The minimum absolute atomic E-state index is 0.201. The third-order valence-corrected chi connectivity index (χ3v) is 5.37. The van der Waals surface area contributed by atoms with Crippen molar-refractivity contribution in [1.29, 1.82) is 0 Å².